The van der Waals surface area contributed by atoms with Gasteiger partial charge in [0.2, 0.25) is 0 Å². The first-order valence-electron chi connectivity index (χ1n) is 7.65. The van der Waals surface area contributed by atoms with E-state index in [1.807, 2.05) is 6.92 Å². The summed E-state index contributed by atoms with van der Waals surface area (Å²) in [6.45, 7) is 4.21. The van der Waals surface area contributed by atoms with Crippen molar-refractivity contribution in [2.75, 3.05) is 18.5 Å². The maximum atomic E-state index is 12.3. The van der Waals surface area contributed by atoms with E-state index in [9.17, 15) is 14.4 Å². The zero-order chi connectivity index (χ0) is 18.2. The van der Waals surface area contributed by atoms with Gasteiger partial charge in [-0.3, -0.25) is 14.9 Å². The minimum atomic E-state index is -0.831. The maximum Gasteiger partial charge on any atom is 0.414 e. The number of thiophene rings is 1. The lowest BCUT2D eigenvalue weighted by molar-refractivity contribution is 0.0926. The fourth-order valence-corrected chi connectivity index (χ4v) is 2.74. The van der Waals surface area contributed by atoms with Gasteiger partial charge in [0.05, 0.1) is 18.8 Å². The number of carbonyl (C=O) groups is 3. The number of rotatable bonds is 6. The average molecular weight is 362 g/mol. The van der Waals surface area contributed by atoms with Crippen molar-refractivity contribution < 1.29 is 23.9 Å². The molecule has 7 nitrogen and oxygen atoms in total. The van der Waals surface area contributed by atoms with Crippen molar-refractivity contribution in [3.8, 4) is 5.75 Å². The molecule has 3 amide bonds. The Labute approximate surface area is 148 Å². The van der Waals surface area contributed by atoms with Crippen molar-refractivity contribution in [3.05, 3.63) is 46.8 Å². The summed E-state index contributed by atoms with van der Waals surface area (Å²) < 4.78 is 9.99. The van der Waals surface area contributed by atoms with Gasteiger partial charge in [-0.15, -0.1) is 11.3 Å². The van der Waals surface area contributed by atoms with Crippen LogP contribution in [0.25, 0.3) is 0 Å². The summed E-state index contributed by atoms with van der Waals surface area (Å²) in [6, 6.07) is 8.17. The first-order valence-corrected chi connectivity index (χ1v) is 8.53. The van der Waals surface area contributed by atoms with E-state index in [0.29, 0.717) is 22.9 Å². The number of hydrogen-bond acceptors (Lipinski definition) is 6. The number of nitrogens with one attached hydrogen (secondary N) is 2. The molecule has 0 bridgehead atoms. The van der Waals surface area contributed by atoms with E-state index >= 15 is 0 Å². The van der Waals surface area contributed by atoms with Crippen LogP contribution >= 0.6 is 11.3 Å². The van der Waals surface area contributed by atoms with E-state index < -0.39 is 12.0 Å². The summed E-state index contributed by atoms with van der Waals surface area (Å²) in [5.74, 6) is -0.331. The molecule has 132 valence electrons. The molecule has 0 radical (unpaired) electrons. The topological polar surface area (TPSA) is 93.7 Å². The Kier molecular flexibility index (Phi) is 6.53. The second-order valence-corrected chi connectivity index (χ2v) is 5.67. The minimum absolute atomic E-state index is 0.157. The van der Waals surface area contributed by atoms with Crippen LogP contribution in [0.15, 0.2) is 35.7 Å². The number of anilines is 1. The first kappa shape index (κ1) is 18.5. The van der Waals surface area contributed by atoms with E-state index in [-0.39, 0.29) is 18.1 Å². The molecule has 1 aromatic heterocycles. The van der Waals surface area contributed by atoms with Crippen molar-refractivity contribution in [1.29, 1.82) is 0 Å². The molecule has 0 saturated heterocycles. The number of amides is 3. The molecule has 0 unspecified atom stereocenters. The van der Waals surface area contributed by atoms with Crippen molar-refractivity contribution in [2.45, 2.75) is 13.8 Å². The van der Waals surface area contributed by atoms with Gasteiger partial charge in [-0.25, -0.2) is 4.79 Å². The molecule has 0 atom stereocenters. The van der Waals surface area contributed by atoms with Crippen LogP contribution in [0.1, 0.15) is 34.6 Å². The van der Waals surface area contributed by atoms with E-state index in [1.54, 1.807) is 36.6 Å². The highest BCUT2D eigenvalue weighted by atomic mass is 32.1. The Morgan fingerprint density at radius 2 is 1.72 bits per heavy atom. The van der Waals surface area contributed by atoms with Crippen LogP contribution < -0.4 is 15.4 Å². The van der Waals surface area contributed by atoms with Crippen molar-refractivity contribution >= 4 is 34.2 Å². The summed E-state index contributed by atoms with van der Waals surface area (Å²) >= 11 is 1.18. The first-order chi connectivity index (χ1) is 12.0. The number of benzene rings is 1. The molecular weight excluding hydrogens is 344 g/mol. The molecular formula is C17H18N2O5S. The van der Waals surface area contributed by atoms with Gasteiger partial charge >= 0.3 is 6.09 Å². The quantitative estimate of drug-likeness (QED) is 0.822. The van der Waals surface area contributed by atoms with Gasteiger partial charge in [0.15, 0.2) is 0 Å². The number of ether oxygens (including phenoxy) is 2. The van der Waals surface area contributed by atoms with E-state index in [0.717, 1.165) is 0 Å². The van der Waals surface area contributed by atoms with Gasteiger partial charge in [-0.1, -0.05) is 0 Å². The highest BCUT2D eigenvalue weighted by Gasteiger charge is 2.18. The Morgan fingerprint density at radius 1 is 1.00 bits per heavy atom. The number of imide groups is 1. The summed E-state index contributed by atoms with van der Waals surface area (Å²) in [6.07, 6.45) is -0.831. The molecule has 2 aromatic rings. The van der Waals surface area contributed by atoms with Gasteiger partial charge in [0.1, 0.15) is 10.8 Å². The van der Waals surface area contributed by atoms with Gasteiger partial charge < -0.3 is 14.8 Å². The lowest BCUT2D eigenvalue weighted by Crippen LogP contribution is -2.31. The van der Waals surface area contributed by atoms with Crippen LogP contribution in [-0.4, -0.2) is 31.1 Å². The summed E-state index contributed by atoms with van der Waals surface area (Å²) in [4.78, 5) is 35.7. The third-order valence-corrected chi connectivity index (χ3v) is 3.89. The second-order valence-electron chi connectivity index (χ2n) is 4.75. The third-order valence-electron chi connectivity index (χ3n) is 3.06. The Balaban J connectivity index is 2.05. The molecule has 0 aliphatic carbocycles. The van der Waals surface area contributed by atoms with E-state index in [2.05, 4.69) is 15.4 Å². The lowest BCUT2D eigenvalue weighted by Gasteiger charge is -2.08. The number of hydrogen-bond donors (Lipinski definition) is 2. The monoisotopic (exact) mass is 362 g/mol. The number of alkyl carbamates (subject to hydrolysis) is 1. The highest BCUT2D eigenvalue weighted by Crippen LogP contribution is 2.24. The molecule has 25 heavy (non-hydrogen) atoms. The molecule has 2 rings (SSSR count). The summed E-state index contributed by atoms with van der Waals surface area (Å²) in [7, 11) is 0. The zero-order valence-corrected chi connectivity index (χ0v) is 14.6. The number of carbonyl (C=O) groups excluding carboxylic acids is 3. The minimum Gasteiger partial charge on any atom is -0.494 e. The smallest absolute Gasteiger partial charge is 0.414 e. The average Bonchev–Trinajstić information content (AvgIpc) is 3.04. The molecule has 0 saturated carbocycles. The molecule has 0 aliphatic rings. The van der Waals surface area contributed by atoms with Gasteiger partial charge in [-0.05, 0) is 49.6 Å². The predicted octanol–water partition coefficient (Wildman–Crippen LogP) is 3.29. The largest absolute Gasteiger partial charge is 0.494 e. The van der Waals surface area contributed by atoms with Crippen molar-refractivity contribution in [2.24, 2.45) is 0 Å². The van der Waals surface area contributed by atoms with Crippen LogP contribution in [0.3, 0.4) is 0 Å². The molecule has 1 aromatic carbocycles. The molecule has 0 spiro atoms. The highest BCUT2D eigenvalue weighted by molar-refractivity contribution is 7.14. The maximum absolute atomic E-state index is 12.3. The molecule has 8 heteroatoms. The van der Waals surface area contributed by atoms with Crippen LogP contribution in [0.5, 0.6) is 5.75 Å². The summed E-state index contributed by atoms with van der Waals surface area (Å²) in [5.41, 5.74) is 0.617. The zero-order valence-electron chi connectivity index (χ0n) is 13.8. The van der Waals surface area contributed by atoms with E-state index in [4.69, 9.17) is 4.74 Å². The fraction of sp³-hybridized carbons (Fsp3) is 0.235. The van der Waals surface area contributed by atoms with Gasteiger partial charge in [0, 0.05) is 5.56 Å². The van der Waals surface area contributed by atoms with Gasteiger partial charge in [-0.2, -0.15) is 0 Å². The van der Waals surface area contributed by atoms with Crippen LogP contribution in [0.2, 0.25) is 0 Å². The lowest BCUT2D eigenvalue weighted by atomic mass is 10.2. The van der Waals surface area contributed by atoms with Crippen LogP contribution in [0.4, 0.5) is 9.80 Å². The Bertz CT molecular complexity index is 755. The normalized spacial score (nSPS) is 10.0. The molecule has 1 heterocycles. The molecule has 0 fully saturated rings. The van der Waals surface area contributed by atoms with Crippen LogP contribution in [0, 0.1) is 0 Å². The van der Waals surface area contributed by atoms with Gasteiger partial charge in [0.25, 0.3) is 11.8 Å². The molecule has 2 N–H and O–H groups in total. The third kappa shape index (κ3) is 5.05. The molecule has 0 aliphatic heterocycles. The predicted molar refractivity (Wildman–Crippen MR) is 94.4 cm³/mol. The van der Waals surface area contributed by atoms with Crippen molar-refractivity contribution in [3.63, 3.8) is 0 Å². The van der Waals surface area contributed by atoms with Crippen LogP contribution in [-0.2, 0) is 4.74 Å². The second kappa shape index (κ2) is 8.84. The van der Waals surface area contributed by atoms with Crippen molar-refractivity contribution in [1.82, 2.24) is 5.32 Å². The Hall–Kier alpha value is -2.87. The SMILES string of the molecule is CCOC(=O)NC(=O)c1ccsc1NC(=O)c1ccc(OCC)cc1. The standard InChI is InChI=1S/C17H18N2O5S/c1-3-23-12-7-5-11(6-8-12)14(20)18-16-13(9-10-25-16)15(21)19-17(22)24-4-2/h5-10H,3-4H2,1-2H3,(H,18,20)(H,19,21,22). The fourth-order valence-electron chi connectivity index (χ4n) is 1.96. The Morgan fingerprint density at radius 3 is 2.36 bits per heavy atom. The summed E-state index contributed by atoms with van der Waals surface area (Å²) in [5, 5.41) is 6.76. The van der Waals surface area contributed by atoms with E-state index in [1.165, 1.54) is 17.4 Å².